The first-order chi connectivity index (χ1) is 13.0. The first-order valence-electron chi connectivity index (χ1n) is 8.77. The molecule has 1 heterocycles. The molecule has 2 aromatic rings. The number of halogens is 1. The predicted octanol–water partition coefficient (Wildman–Crippen LogP) is 2.79. The van der Waals surface area contributed by atoms with Gasteiger partial charge in [-0.25, -0.2) is 0 Å². The number of nitrogens with one attached hydrogen (secondary N) is 1. The molecule has 0 aromatic heterocycles. The summed E-state index contributed by atoms with van der Waals surface area (Å²) in [6.45, 7) is 0.983. The molecule has 1 unspecified atom stereocenters. The van der Waals surface area contributed by atoms with Crippen LogP contribution >= 0.6 is 11.6 Å². The zero-order chi connectivity index (χ0) is 19.2. The van der Waals surface area contributed by atoms with Gasteiger partial charge in [-0.15, -0.1) is 0 Å². The number of nitrogens with zero attached hydrogens (tertiary/aromatic N) is 1. The molecule has 1 saturated heterocycles. The Balaban J connectivity index is 1.75. The summed E-state index contributed by atoms with van der Waals surface area (Å²) in [5.41, 5.74) is 1.23. The molecule has 1 aliphatic rings. The van der Waals surface area contributed by atoms with Gasteiger partial charge in [-0.3, -0.25) is 13.8 Å². The Morgan fingerprint density at radius 3 is 2.33 bits per heavy atom. The van der Waals surface area contributed by atoms with Crippen molar-refractivity contribution in [3.8, 4) is 0 Å². The van der Waals surface area contributed by atoms with Crippen molar-refractivity contribution < 1.29 is 13.8 Å². The first kappa shape index (κ1) is 19.6. The highest BCUT2D eigenvalue weighted by Crippen LogP contribution is 2.21. The van der Waals surface area contributed by atoms with Gasteiger partial charge in [0.05, 0.1) is 23.0 Å². The van der Waals surface area contributed by atoms with E-state index in [9.17, 15) is 13.8 Å². The van der Waals surface area contributed by atoms with Gasteiger partial charge in [-0.1, -0.05) is 54.1 Å². The average molecular weight is 405 g/mol. The molecule has 1 aliphatic heterocycles. The van der Waals surface area contributed by atoms with E-state index in [4.69, 9.17) is 11.6 Å². The fourth-order valence-electron chi connectivity index (χ4n) is 3.01. The van der Waals surface area contributed by atoms with Crippen molar-refractivity contribution in [3.05, 3.63) is 70.7 Å². The van der Waals surface area contributed by atoms with Gasteiger partial charge in [0, 0.05) is 35.4 Å². The summed E-state index contributed by atoms with van der Waals surface area (Å²) in [5, 5.41) is 3.31. The summed E-state index contributed by atoms with van der Waals surface area (Å²) >= 11 is 6.12. The monoisotopic (exact) mass is 404 g/mol. The van der Waals surface area contributed by atoms with Crippen molar-refractivity contribution in [1.29, 1.82) is 0 Å². The van der Waals surface area contributed by atoms with Crippen LogP contribution in [0.25, 0.3) is 0 Å². The van der Waals surface area contributed by atoms with Crippen molar-refractivity contribution in [3.63, 3.8) is 0 Å². The van der Waals surface area contributed by atoms with Gasteiger partial charge in [0.25, 0.3) is 5.91 Å². The summed E-state index contributed by atoms with van der Waals surface area (Å²) in [4.78, 5) is 27.1. The van der Waals surface area contributed by atoms with Gasteiger partial charge >= 0.3 is 0 Å². The maximum absolute atomic E-state index is 12.7. The highest BCUT2D eigenvalue weighted by molar-refractivity contribution is 7.85. The van der Waals surface area contributed by atoms with Gasteiger partial charge in [0.2, 0.25) is 5.91 Å². The predicted molar refractivity (Wildman–Crippen MR) is 107 cm³/mol. The quantitative estimate of drug-likeness (QED) is 0.833. The van der Waals surface area contributed by atoms with E-state index in [1.54, 1.807) is 29.2 Å². The van der Waals surface area contributed by atoms with E-state index in [1.165, 1.54) is 0 Å². The van der Waals surface area contributed by atoms with Gasteiger partial charge in [0.1, 0.15) is 0 Å². The molecule has 7 heteroatoms. The number of amides is 2. The fraction of sp³-hybridized carbons (Fsp3) is 0.300. The van der Waals surface area contributed by atoms with Gasteiger partial charge in [0.15, 0.2) is 0 Å². The SMILES string of the molecule is O=C(NC(CC(=O)N1CCS(=O)CC1)c1ccccc1)c1ccccc1Cl. The van der Waals surface area contributed by atoms with Crippen molar-refractivity contribution >= 4 is 34.2 Å². The molecule has 2 aromatic carbocycles. The van der Waals surface area contributed by atoms with Crippen molar-refractivity contribution in [2.75, 3.05) is 24.6 Å². The Bertz CT molecular complexity index is 834. The van der Waals surface area contributed by atoms with Crippen molar-refractivity contribution in [2.45, 2.75) is 12.5 Å². The van der Waals surface area contributed by atoms with E-state index in [1.807, 2.05) is 30.3 Å². The van der Waals surface area contributed by atoms with Crippen LogP contribution in [0.1, 0.15) is 28.4 Å². The minimum atomic E-state index is -0.841. The minimum absolute atomic E-state index is 0.0555. The van der Waals surface area contributed by atoms with E-state index >= 15 is 0 Å². The van der Waals surface area contributed by atoms with Crippen LogP contribution in [0.4, 0.5) is 0 Å². The lowest BCUT2D eigenvalue weighted by Crippen LogP contribution is -2.43. The minimum Gasteiger partial charge on any atom is -0.345 e. The van der Waals surface area contributed by atoms with Crippen molar-refractivity contribution in [2.24, 2.45) is 0 Å². The van der Waals surface area contributed by atoms with Crippen LogP contribution in [-0.4, -0.2) is 45.5 Å². The largest absolute Gasteiger partial charge is 0.345 e. The average Bonchev–Trinajstić information content (AvgIpc) is 2.69. The molecule has 0 saturated carbocycles. The lowest BCUT2D eigenvalue weighted by molar-refractivity contribution is -0.131. The molecule has 5 nitrogen and oxygen atoms in total. The van der Waals surface area contributed by atoms with Gasteiger partial charge in [-0.2, -0.15) is 0 Å². The number of carbonyl (C=O) groups is 2. The number of benzene rings is 2. The second-order valence-corrected chi connectivity index (χ2v) is 8.45. The second kappa shape index (κ2) is 9.15. The van der Waals surface area contributed by atoms with Crippen LogP contribution in [0.3, 0.4) is 0 Å². The zero-order valence-electron chi connectivity index (χ0n) is 14.8. The van der Waals surface area contributed by atoms with E-state index in [0.717, 1.165) is 5.56 Å². The molecule has 142 valence electrons. The molecule has 0 radical (unpaired) electrons. The highest BCUT2D eigenvalue weighted by atomic mass is 35.5. The maximum Gasteiger partial charge on any atom is 0.253 e. The van der Waals surface area contributed by atoms with E-state index in [-0.39, 0.29) is 18.2 Å². The number of hydrogen-bond donors (Lipinski definition) is 1. The van der Waals surface area contributed by atoms with Crippen LogP contribution in [0.2, 0.25) is 5.02 Å². The molecular weight excluding hydrogens is 384 g/mol. The van der Waals surface area contributed by atoms with Crippen LogP contribution in [0.15, 0.2) is 54.6 Å². The van der Waals surface area contributed by atoms with E-state index < -0.39 is 16.8 Å². The molecule has 0 aliphatic carbocycles. The normalized spacial score (nSPS) is 16.0. The van der Waals surface area contributed by atoms with Gasteiger partial charge < -0.3 is 10.2 Å². The molecule has 1 fully saturated rings. The molecule has 3 rings (SSSR count). The molecule has 27 heavy (non-hydrogen) atoms. The molecule has 0 bridgehead atoms. The number of hydrogen-bond acceptors (Lipinski definition) is 3. The Morgan fingerprint density at radius 2 is 1.67 bits per heavy atom. The second-order valence-electron chi connectivity index (χ2n) is 6.35. The summed E-state index contributed by atoms with van der Waals surface area (Å²) < 4.78 is 11.5. The van der Waals surface area contributed by atoms with E-state index in [2.05, 4.69) is 5.32 Å². The third-order valence-electron chi connectivity index (χ3n) is 4.53. The Labute approximate surface area is 166 Å². The number of rotatable bonds is 5. The van der Waals surface area contributed by atoms with Crippen LogP contribution in [0.5, 0.6) is 0 Å². The first-order valence-corrected chi connectivity index (χ1v) is 10.6. The summed E-state index contributed by atoms with van der Waals surface area (Å²) in [6.07, 6.45) is 0.146. The van der Waals surface area contributed by atoms with E-state index in [0.29, 0.717) is 35.2 Å². The Kier molecular flexibility index (Phi) is 6.63. The molecule has 2 amide bonds. The topological polar surface area (TPSA) is 66.5 Å². The molecular formula is C20H21ClN2O3S. The lowest BCUT2D eigenvalue weighted by atomic mass is 10.0. The molecule has 1 atom stereocenters. The van der Waals surface area contributed by atoms with Crippen LogP contribution in [0, 0.1) is 0 Å². The van der Waals surface area contributed by atoms with Crippen LogP contribution < -0.4 is 5.32 Å². The standard InChI is InChI=1S/C20H21ClN2O3S/c21-17-9-5-4-8-16(17)20(25)22-18(15-6-2-1-3-7-15)14-19(24)23-10-12-27(26)13-11-23/h1-9,18H,10-14H2,(H,22,25). The molecule has 1 N–H and O–H groups in total. The van der Waals surface area contributed by atoms with Crippen LogP contribution in [-0.2, 0) is 15.6 Å². The highest BCUT2D eigenvalue weighted by Gasteiger charge is 2.25. The zero-order valence-corrected chi connectivity index (χ0v) is 16.3. The summed E-state index contributed by atoms with van der Waals surface area (Å²) in [5.74, 6) is 0.642. The summed E-state index contributed by atoms with van der Waals surface area (Å²) in [6, 6.07) is 15.8. The lowest BCUT2D eigenvalue weighted by Gasteiger charge is -2.28. The molecule has 0 spiro atoms. The maximum atomic E-state index is 12.7. The third kappa shape index (κ3) is 5.17. The Hall–Kier alpha value is -2.18. The summed E-state index contributed by atoms with van der Waals surface area (Å²) in [7, 11) is -0.841. The smallest absolute Gasteiger partial charge is 0.253 e. The number of carbonyl (C=O) groups excluding carboxylic acids is 2. The third-order valence-corrected chi connectivity index (χ3v) is 6.14. The Morgan fingerprint density at radius 1 is 1.04 bits per heavy atom. The van der Waals surface area contributed by atoms with Crippen molar-refractivity contribution in [1.82, 2.24) is 10.2 Å². The van der Waals surface area contributed by atoms with Gasteiger partial charge in [-0.05, 0) is 17.7 Å². The fourth-order valence-corrected chi connectivity index (χ4v) is 4.28.